The van der Waals surface area contributed by atoms with Crippen molar-refractivity contribution in [2.45, 2.75) is 73.1 Å². The highest BCUT2D eigenvalue weighted by molar-refractivity contribution is 4.60. The molecule has 0 aliphatic heterocycles. The van der Waals surface area contributed by atoms with Crippen LogP contribution in [-0.2, 0) is 0 Å². The van der Waals surface area contributed by atoms with Gasteiger partial charge < -0.3 is 0 Å². The summed E-state index contributed by atoms with van der Waals surface area (Å²) in [7, 11) is 0. The third kappa shape index (κ3) is 8.59. The topological polar surface area (TPSA) is 0 Å². The molecule has 0 N–H and O–H groups in total. The molecule has 1 unspecified atom stereocenters. The van der Waals surface area contributed by atoms with E-state index >= 15 is 0 Å². The zero-order chi connectivity index (χ0) is 11.0. The van der Waals surface area contributed by atoms with Crippen LogP contribution in [0.2, 0.25) is 0 Å². The van der Waals surface area contributed by atoms with Crippen LogP contribution in [0.1, 0.15) is 73.1 Å². The lowest BCUT2D eigenvalue weighted by atomic mass is 9.90. The molecule has 0 nitrogen and oxygen atoms in total. The van der Waals surface area contributed by atoms with Crippen molar-refractivity contribution in [3.05, 3.63) is 0 Å². The highest BCUT2D eigenvalue weighted by atomic mass is 14.1. The van der Waals surface area contributed by atoms with Gasteiger partial charge >= 0.3 is 0 Å². The Kier molecular flexibility index (Phi) is 8.32. The summed E-state index contributed by atoms with van der Waals surface area (Å²) < 4.78 is 0. The Hall–Kier alpha value is 0. The van der Waals surface area contributed by atoms with Crippen molar-refractivity contribution in [2.75, 3.05) is 0 Å². The Bertz CT molecular complexity index is 115. The number of hydrogen-bond acceptors (Lipinski definition) is 0. The minimum absolute atomic E-state index is 0.885. The molecule has 0 radical (unpaired) electrons. The van der Waals surface area contributed by atoms with Crippen molar-refractivity contribution in [1.82, 2.24) is 0 Å². The molecule has 0 heteroatoms. The number of hydrogen-bond donors (Lipinski definition) is 0. The van der Waals surface area contributed by atoms with E-state index in [0.29, 0.717) is 0 Å². The van der Waals surface area contributed by atoms with Crippen LogP contribution in [0.25, 0.3) is 0 Å². The van der Waals surface area contributed by atoms with Gasteiger partial charge in [0.1, 0.15) is 0 Å². The molecule has 0 amide bonds. The van der Waals surface area contributed by atoms with Crippen LogP contribution in [0.4, 0.5) is 0 Å². The Balaban J connectivity index is 3.39. The van der Waals surface area contributed by atoms with Crippen molar-refractivity contribution >= 4 is 0 Å². The summed E-state index contributed by atoms with van der Waals surface area (Å²) in [5.74, 6) is 2.76. The van der Waals surface area contributed by atoms with E-state index < -0.39 is 0 Å². The summed E-state index contributed by atoms with van der Waals surface area (Å²) >= 11 is 0. The maximum absolute atomic E-state index is 2.42. The quantitative estimate of drug-likeness (QED) is 0.498. The lowest BCUT2D eigenvalue weighted by molar-refractivity contribution is 0.358. The van der Waals surface area contributed by atoms with Gasteiger partial charge in [-0.25, -0.2) is 0 Å². The molecule has 0 saturated heterocycles. The molecule has 0 heterocycles. The van der Waals surface area contributed by atoms with Gasteiger partial charge in [-0.3, -0.25) is 0 Å². The van der Waals surface area contributed by atoms with Crippen LogP contribution in [0.5, 0.6) is 0 Å². The largest absolute Gasteiger partial charge is 0.0654 e. The van der Waals surface area contributed by atoms with Gasteiger partial charge in [0.05, 0.1) is 0 Å². The van der Waals surface area contributed by atoms with Crippen LogP contribution in [0, 0.1) is 17.8 Å². The molecule has 0 aromatic heterocycles. The molecule has 0 saturated carbocycles. The fourth-order valence-corrected chi connectivity index (χ4v) is 2.29. The van der Waals surface area contributed by atoms with Gasteiger partial charge in [-0.05, 0) is 24.2 Å². The molecule has 0 aliphatic carbocycles. The second kappa shape index (κ2) is 8.32. The first kappa shape index (κ1) is 14.0. The minimum atomic E-state index is 0.885. The van der Waals surface area contributed by atoms with E-state index in [1.165, 1.54) is 38.5 Å². The van der Waals surface area contributed by atoms with Gasteiger partial charge in [0.15, 0.2) is 0 Å². The Morgan fingerprint density at radius 1 is 0.786 bits per heavy atom. The second-order valence-corrected chi connectivity index (χ2v) is 5.56. The molecule has 0 fully saturated rings. The highest BCUT2D eigenvalue weighted by Gasteiger charge is 2.08. The fraction of sp³-hybridized carbons (Fsp3) is 1.00. The predicted octanol–water partition coefficient (Wildman–Crippen LogP) is 5.28. The predicted molar refractivity (Wildman–Crippen MR) is 66.5 cm³/mol. The normalized spacial score (nSPS) is 15.9. The fourth-order valence-electron chi connectivity index (χ4n) is 2.29. The van der Waals surface area contributed by atoms with E-state index in [2.05, 4.69) is 34.6 Å². The zero-order valence-electron chi connectivity index (χ0n) is 11.0. The van der Waals surface area contributed by atoms with Crippen molar-refractivity contribution < 1.29 is 0 Å². The van der Waals surface area contributed by atoms with Crippen LogP contribution in [-0.4, -0.2) is 0 Å². The molecular formula is C14H30. The summed E-state index contributed by atoms with van der Waals surface area (Å²) in [4.78, 5) is 0. The van der Waals surface area contributed by atoms with Crippen LogP contribution in [0.3, 0.4) is 0 Å². The molecule has 86 valence electrons. The third-order valence-corrected chi connectivity index (χ3v) is 3.06. The van der Waals surface area contributed by atoms with Gasteiger partial charge in [0.25, 0.3) is 0 Å². The maximum atomic E-state index is 2.42. The van der Waals surface area contributed by atoms with E-state index in [4.69, 9.17) is 0 Å². The summed E-state index contributed by atoms with van der Waals surface area (Å²) in [5.41, 5.74) is 0. The molecular weight excluding hydrogens is 168 g/mol. The average Bonchev–Trinajstić information content (AvgIpc) is 2.03. The van der Waals surface area contributed by atoms with Crippen molar-refractivity contribution in [3.8, 4) is 0 Å². The van der Waals surface area contributed by atoms with E-state index in [-0.39, 0.29) is 0 Å². The molecule has 0 aliphatic rings. The first-order valence-corrected chi connectivity index (χ1v) is 6.56. The van der Waals surface area contributed by atoms with Gasteiger partial charge in [0.2, 0.25) is 0 Å². The maximum Gasteiger partial charge on any atom is -0.0440 e. The minimum Gasteiger partial charge on any atom is -0.0654 e. The molecule has 0 aromatic carbocycles. The summed E-state index contributed by atoms with van der Waals surface area (Å²) in [6, 6.07) is 0. The number of rotatable bonds is 8. The molecule has 0 bridgehead atoms. The van der Waals surface area contributed by atoms with Crippen molar-refractivity contribution in [2.24, 2.45) is 17.8 Å². The van der Waals surface area contributed by atoms with E-state index in [1.54, 1.807) is 0 Å². The zero-order valence-corrected chi connectivity index (χ0v) is 11.0. The average molecular weight is 198 g/mol. The lowest BCUT2D eigenvalue weighted by Crippen LogP contribution is -2.03. The summed E-state index contributed by atoms with van der Waals surface area (Å²) in [6.45, 7) is 11.8. The highest BCUT2D eigenvalue weighted by Crippen LogP contribution is 2.21. The molecule has 0 spiro atoms. The van der Waals surface area contributed by atoms with Crippen molar-refractivity contribution in [3.63, 3.8) is 0 Å². The summed E-state index contributed by atoms with van der Waals surface area (Å²) in [6.07, 6.45) is 8.47. The Labute approximate surface area is 91.5 Å². The first-order valence-electron chi connectivity index (χ1n) is 6.56. The lowest BCUT2D eigenvalue weighted by Gasteiger charge is -2.16. The van der Waals surface area contributed by atoms with E-state index in [9.17, 15) is 0 Å². The van der Waals surface area contributed by atoms with Gasteiger partial charge in [-0.15, -0.1) is 0 Å². The molecule has 0 aromatic rings. The molecule has 14 heavy (non-hydrogen) atoms. The van der Waals surface area contributed by atoms with Gasteiger partial charge in [0, 0.05) is 0 Å². The first-order chi connectivity index (χ1) is 6.56. The van der Waals surface area contributed by atoms with Gasteiger partial charge in [-0.2, -0.15) is 0 Å². The van der Waals surface area contributed by atoms with E-state index in [1.807, 2.05) is 0 Å². The van der Waals surface area contributed by atoms with Crippen LogP contribution >= 0.6 is 0 Å². The monoisotopic (exact) mass is 198 g/mol. The SMILES string of the molecule is CCCC(C)C[C@H](C)CCCC(C)C. The Morgan fingerprint density at radius 2 is 1.36 bits per heavy atom. The molecule has 2 atom stereocenters. The third-order valence-electron chi connectivity index (χ3n) is 3.06. The Morgan fingerprint density at radius 3 is 1.86 bits per heavy atom. The molecule has 0 rings (SSSR count). The van der Waals surface area contributed by atoms with Crippen molar-refractivity contribution in [1.29, 1.82) is 0 Å². The smallest absolute Gasteiger partial charge is 0.0440 e. The standard InChI is InChI=1S/C14H30/c1-6-8-13(4)11-14(5)10-7-9-12(2)3/h12-14H,6-11H2,1-5H3/t13?,14-/m1/s1. The van der Waals surface area contributed by atoms with Gasteiger partial charge in [-0.1, -0.05) is 66.7 Å². The second-order valence-electron chi connectivity index (χ2n) is 5.56. The van der Waals surface area contributed by atoms with E-state index in [0.717, 1.165) is 17.8 Å². The summed E-state index contributed by atoms with van der Waals surface area (Å²) in [5, 5.41) is 0. The van der Waals surface area contributed by atoms with Crippen LogP contribution in [0.15, 0.2) is 0 Å². The van der Waals surface area contributed by atoms with Crippen LogP contribution < -0.4 is 0 Å².